The first kappa shape index (κ1) is 16.3. The lowest BCUT2D eigenvalue weighted by Crippen LogP contribution is -2.38. The molecule has 4 rings (SSSR count). The lowest BCUT2D eigenvalue weighted by Gasteiger charge is -2.22. The molecule has 1 unspecified atom stereocenters. The van der Waals surface area contributed by atoms with Crippen molar-refractivity contribution in [3.8, 4) is 0 Å². The van der Waals surface area contributed by atoms with Gasteiger partial charge in [0.1, 0.15) is 23.4 Å². The van der Waals surface area contributed by atoms with E-state index >= 15 is 0 Å². The fourth-order valence-electron chi connectivity index (χ4n) is 4.34. The van der Waals surface area contributed by atoms with E-state index in [0.29, 0.717) is 24.3 Å². The van der Waals surface area contributed by atoms with Crippen LogP contribution in [0.2, 0.25) is 0 Å². The third-order valence-electron chi connectivity index (χ3n) is 5.60. The quantitative estimate of drug-likeness (QED) is 0.785. The van der Waals surface area contributed by atoms with Crippen LogP contribution in [0.3, 0.4) is 0 Å². The predicted molar refractivity (Wildman–Crippen MR) is 95.1 cm³/mol. The Morgan fingerprint density at radius 2 is 2.12 bits per heavy atom. The van der Waals surface area contributed by atoms with E-state index < -0.39 is 6.10 Å². The summed E-state index contributed by atoms with van der Waals surface area (Å²) in [5.41, 5.74) is 0.860. The zero-order valence-electron chi connectivity index (χ0n) is 14.7. The van der Waals surface area contributed by atoms with Gasteiger partial charge in [-0.3, -0.25) is 4.79 Å². The maximum absolute atomic E-state index is 12.2. The molecule has 2 aromatic rings. The van der Waals surface area contributed by atoms with Gasteiger partial charge in [-0.1, -0.05) is 6.92 Å². The van der Waals surface area contributed by atoms with Crippen LogP contribution in [0.5, 0.6) is 0 Å². The second-order valence-electron chi connectivity index (χ2n) is 7.36. The Morgan fingerprint density at radius 3 is 2.80 bits per heavy atom. The SMILES string of the molecule is CC[C@H](O)C(=O)N1C[C@H]2CC(Nc3nc(C)nc4[nH]ccc34)C[C@H]2C1. The fourth-order valence-corrected chi connectivity index (χ4v) is 4.34. The number of H-pyrrole nitrogens is 1. The van der Waals surface area contributed by atoms with Gasteiger partial charge in [0.05, 0.1) is 5.39 Å². The first-order valence-electron chi connectivity index (χ1n) is 9.10. The van der Waals surface area contributed by atoms with Crippen molar-refractivity contribution in [3.05, 3.63) is 18.1 Å². The summed E-state index contributed by atoms with van der Waals surface area (Å²) in [4.78, 5) is 26.1. The van der Waals surface area contributed by atoms with Crippen molar-refractivity contribution in [3.63, 3.8) is 0 Å². The summed E-state index contributed by atoms with van der Waals surface area (Å²) >= 11 is 0. The highest BCUT2D eigenvalue weighted by Gasteiger charge is 2.43. The van der Waals surface area contributed by atoms with Crippen LogP contribution < -0.4 is 5.32 Å². The Labute approximate surface area is 146 Å². The number of anilines is 1. The minimum atomic E-state index is -0.849. The fraction of sp³-hybridized carbons (Fsp3) is 0.611. The van der Waals surface area contributed by atoms with Crippen molar-refractivity contribution in [2.75, 3.05) is 18.4 Å². The van der Waals surface area contributed by atoms with Crippen molar-refractivity contribution in [1.82, 2.24) is 19.9 Å². The number of likely N-dealkylation sites (tertiary alicyclic amines) is 1. The Balaban J connectivity index is 1.42. The zero-order chi connectivity index (χ0) is 17.6. The number of aromatic nitrogens is 3. The zero-order valence-corrected chi connectivity index (χ0v) is 14.7. The third-order valence-corrected chi connectivity index (χ3v) is 5.60. The van der Waals surface area contributed by atoms with Crippen LogP contribution in [0.1, 0.15) is 32.0 Å². The lowest BCUT2D eigenvalue weighted by atomic mass is 10.0. The molecule has 0 bridgehead atoms. The highest BCUT2D eigenvalue weighted by molar-refractivity contribution is 5.87. The number of nitrogens with zero attached hydrogens (tertiary/aromatic N) is 3. The molecule has 0 aromatic carbocycles. The van der Waals surface area contributed by atoms with Gasteiger partial charge in [-0.2, -0.15) is 0 Å². The number of amides is 1. The van der Waals surface area contributed by atoms with Gasteiger partial charge in [-0.25, -0.2) is 9.97 Å². The molecule has 0 radical (unpaired) electrons. The Kier molecular flexibility index (Phi) is 4.11. The molecule has 7 nitrogen and oxygen atoms in total. The standard InChI is InChI=1S/C18H25N5O2/c1-3-15(24)18(25)23-8-11-6-13(7-12(11)9-23)22-17-14-4-5-19-16(14)20-10(2)21-17/h4-5,11-13,15,24H,3,6-9H2,1-2H3,(H2,19,20,21,22)/t11-,12+,13?,15-/m0/s1. The van der Waals surface area contributed by atoms with Gasteiger partial charge >= 0.3 is 0 Å². The van der Waals surface area contributed by atoms with E-state index in [4.69, 9.17) is 0 Å². The minimum Gasteiger partial charge on any atom is -0.383 e. The average Bonchev–Trinajstić information content (AvgIpc) is 3.27. The van der Waals surface area contributed by atoms with Gasteiger partial charge in [-0.05, 0) is 44.1 Å². The van der Waals surface area contributed by atoms with E-state index in [1.807, 2.05) is 31.0 Å². The number of aryl methyl sites for hydroxylation is 1. The van der Waals surface area contributed by atoms with Gasteiger partial charge in [0.25, 0.3) is 5.91 Å². The van der Waals surface area contributed by atoms with Crippen molar-refractivity contribution < 1.29 is 9.90 Å². The number of nitrogens with one attached hydrogen (secondary N) is 2. The molecule has 1 amide bonds. The van der Waals surface area contributed by atoms with Crippen molar-refractivity contribution in [2.24, 2.45) is 11.8 Å². The van der Waals surface area contributed by atoms with Crippen LogP contribution in [0, 0.1) is 18.8 Å². The van der Waals surface area contributed by atoms with E-state index in [2.05, 4.69) is 20.3 Å². The normalized spacial score (nSPS) is 26.8. The summed E-state index contributed by atoms with van der Waals surface area (Å²) in [6.45, 7) is 5.27. The number of hydrogen-bond acceptors (Lipinski definition) is 5. The molecule has 2 aromatic heterocycles. The summed E-state index contributed by atoms with van der Waals surface area (Å²) in [7, 11) is 0. The molecule has 1 aliphatic carbocycles. The first-order valence-corrected chi connectivity index (χ1v) is 9.10. The van der Waals surface area contributed by atoms with Crippen molar-refractivity contribution >= 4 is 22.8 Å². The highest BCUT2D eigenvalue weighted by atomic mass is 16.3. The van der Waals surface area contributed by atoms with Crippen LogP contribution >= 0.6 is 0 Å². The molecule has 2 aliphatic rings. The number of carbonyl (C=O) groups is 1. The maximum atomic E-state index is 12.2. The van der Waals surface area contributed by atoms with Gasteiger partial charge in [0.15, 0.2) is 0 Å². The number of aromatic amines is 1. The molecule has 1 saturated carbocycles. The molecule has 3 N–H and O–H groups in total. The summed E-state index contributed by atoms with van der Waals surface area (Å²) in [6.07, 6.45) is 3.58. The van der Waals surface area contributed by atoms with Crippen molar-refractivity contribution in [2.45, 2.75) is 45.3 Å². The topological polar surface area (TPSA) is 94.1 Å². The Hall–Kier alpha value is -2.15. The molecule has 25 heavy (non-hydrogen) atoms. The number of rotatable bonds is 4. The highest BCUT2D eigenvalue weighted by Crippen LogP contribution is 2.39. The van der Waals surface area contributed by atoms with Crippen LogP contribution in [-0.4, -0.2) is 56.1 Å². The summed E-state index contributed by atoms with van der Waals surface area (Å²) in [5, 5.41) is 14.4. The maximum Gasteiger partial charge on any atom is 0.251 e. The minimum absolute atomic E-state index is 0.109. The van der Waals surface area contributed by atoms with Crippen LogP contribution in [0.25, 0.3) is 11.0 Å². The largest absolute Gasteiger partial charge is 0.383 e. The summed E-state index contributed by atoms with van der Waals surface area (Å²) < 4.78 is 0. The average molecular weight is 343 g/mol. The van der Waals surface area contributed by atoms with E-state index in [0.717, 1.165) is 48.6 Å². The lowest BCUT2D eigenvalue weighted by molar-refractivity contribution is -0.139. The van der Waals surface area contributed by atoms with Crippen LogP contribution in [0.4, 0.5) is 5.82 Å². The van der Waals surface area contributed by atoms with Gasteiger partial charge in [0, 0.05) is 25.3 Å². The van der Waals surface area contributed by atoms with E-state index in [1.54, 1.807) is 0 Å². The smallest absolute Gasteiger partial charge is 0.251 e. The molecule has 4 atom stereocenters. The van der Waals surface area contributed by atoms with Crippen molar-refractivity contribution in [1.29, 1.82) is 0 Å². The number of hydrogen-bond donors (Lipinski definition) is 3. The van der Waals surface area contributed by atoms with E-state index in [-0.39, 0.29) is 5.91 Å². The van der Waals surface area contributed by atoms with E-state index in [1.165, 1.54) is 0 Å². The number of carbonyl (C=O) groups excluding carboxylic acids is 1. The molecule has 1 aliphatic heterocycles. The third kappa shape index (κ3) is 2.97. The number of aliphatic hydroxyl groups is 1. The molecule has 2 fully saturated rings. The monoisotopic (exact) mass is 343 g/mol. The molecular weight excluding hydrogens is 318 g/mol. The Bertz CT molecular complexity index is 775. The molecule has 3 heterocycles. The van der Waals surface area contributed by atoms with Crippen LogP contribution in [-0.2, 0) is 4.79 Å². The molecular formula is C18H25N5O2. The predicted octanol–water partition coefficient (Wildman–Crippen LogP) is 1.69. The number of aliphatic hydroxyl groups excluding tert-OH is 1. The van der Waals surface area contributed by atoms with E-state index in [9.17, 15) is 9.90 Å². The van der Waals surface area contributed by atoms with Crippen LogP contribution in [0.15, 0.2) is 12.3 Å². The molecule has 0 spiro atoms. The Morgan fingerprint density at radius 1 is 1.40 bits per heavy atom. The van der Waals surface area contributed by atoms with Gasteiger partial charge in [0.2, 0.25) is 0 Å². The molecule has 7 heteroatoms. The molecule has 1 saturated heterocycles. The molecule has 134 valence electrons. The first-order chi connectivity index (χ1) is 12.0. The van der Waals surface area contributed by atoms with Gasteiger partial charge in [-0.15, -0.1) is 0 Å². The van der Waals surface area contributed by atoms with Gasteiger partial charge < -0.3 is 20.3 Å². The summed E-state index contributed by atoms with van der Waals surface area (Å²) in [6, 6.07) is 2.37. The summed E-state index contributed by atoms with van der Waals surface area (Å²) in [5.74, 6) is 2.55. The second-order valence-corrected chi connectivity index (χ2v) is 7.36. The number of fused-ring (bicyclic) bond motifs is 2. The second kappa shape index (κ2) is 6.29.